The maximum atomic E-state index is 6.00. The summed E-state index contributed by atoms with van der Waals surface area (Å²) in [6, 6.07) is 7.22. The second-order valence-electron chi connectivity index (χ2n) is 4.36. The lowest BCUT2D eigenvalue weighted by Gasteiger charge is -2.15. The van der Waals surface area contributed by atoms with Crippen LogP contribution in [0.15, 0.2) is 36.7 Å². The molecule has 8 heteroatoms. The normalized spacial score (nSPS) is 10.5. The van der Waals surface area contributed by atoms with Crippen LogP contribution < -0.4 is 15.2 Å². The molecule has 0 radical (unpaired) electrons. The van der Waals surface area contributed by atoms with Gasteiger partial charge in [-0.25, -0.2) is 0 Å². The maximum absolute atomic E-state index is 6.00. The van der Waals surface area contributed by atoms with E-state index in [0.29, 0.717) is 23.0 Å². The van der Waals surface area contributed by atoms with Gasteiger partial charge in [0.25, 0.3) is 0 Å². The van der Waals surface area contributed by atoms with Crippen molar-refractivity contribution in [3.63, 3.8) is 0 Å². The predicted octanol–water partition coefficient (Wildman–Crippen LogP) is 1.32. The summed E-state index contributed by atoms with van der Waals surface area (Å²) in [6.07, 6.45) is 3.16. The molecule has 2 N–H and O–H groups in total. The number of rotatable bonds is 4. The number of nitrogen functional groups attached to an aromatic ring is 1. The lowest BCUT2D eigenvalue weighted by Crippen LogP contribution is -2.06. The second-order valence-corrected chi connectivity index (χ2v) is 4.36. The van der Waals surface area contributed by atoms with Crippen LogP contribution in [0.25, 0.3) is 17.1 Å². The Labute approximate surface area is 126 Å². The molecular weight excluding hydrogens is 284 g/mol. The molecule has 0 saturated carbocycles. The summed E-state index contributed by atoms with van der Waals surface area (Å²) in [6.45, 7) is 0. The molecule has 3 aromatic rings. The van der Waals surface area contributed by atoms with Crippen LogP contribution in [-0.2, 0) is 0 Å². The molecule has 2 aromatic heterocycles. The highest BCUT2D eigenvalue weighted by molar-refractivity contribution is 5.66. The van der Waals surface area contributed by atoms with Crippen LogP contribution in [-0.4, -0.2) is 39.2 Å². The van der Waals surface area contributed by atoms with Gasteiger partial charge in [0.2, 0.25) is 5.95 Å². The zero-order chi connectivity index (χ0) is 15.5. The molecule has 0 aliphatic heterocycles. The Kier molecular flexibility index (Phi) is 3.57. The zero-order valence-electron chi connectivity index (χ0n) is 12.1. The monoisotopic (exact) mass is 298 g/mol. The fourth-order valence-electron chi connectivity index (χ4n) is 2.18. The number of nitrogens with two attached hydrogens (primary N) is 1. The number of nitrogens with zero attached hydrogens (tertiary/aromatic N) is 5. The van der Waals surface area contributed by atoms with Gasteiger partial charge < -0.3 is 15.2 Å². The Morgan fingerprint density at radius 2 is 1.73 bits per heavy atom. The zero-order valence-corrected chi connectivity index (χ0v) is 12.1. The standard InChI is InChI=1S/C14H14N6O2/c1-21-10-4-3-5-11(22-2)12(10)20-13(18-19-14(20)15)9-6-7-16-17-8-9/h3-8H,1-2H3,(H2,15,19). The predicted molar refractivity (Wildman–Crippen MR) is 79.9 cm³/mol. The summed E-state index contributed by atoms with van der Waals surface area (Å²) >= 11 is 0. The van der Waals surface area contributed by atoms with Crippen LogP contribution in [0.1, 0.15) is 0 Å². The number of benzene rings is 1. The van der Waals surface area contributed by atoms with Crippen LogP contribution >= 0.6 is 0 Å². The lowest BCUT2D eigenvalue weighted by molar-refractivity contribution is 0.391. The van der Waals surface area contributed by atoms with Crippen molar-refractivity contribution in [3.8, 4) is 28.6 Å². The van der Waals surface area contributed by atoms with Gasteiger partial charge in [-0.1, -0.05) is 6.07 Å². The molecule has 3 rings (SSSR count). The van der Waals surface area contributed by atoms with Crippen molar-refractivity contribution in [2.24, 2.45) is 0 Å². The van der Waals surface area contributed by atoms with Gasteiger partial charge in [-0.3, -0.25) is 4.57 Å². The molecule has 0 spiro atoms. The first-order chi connectivity index (χ1) is 10.8. The number of methoxy groups -OCH3 is 2. The number of anilines is 1. The van der Waals surface area contributed by atoms with Crippen molar-refractivity contribution < 1.29 is 9.47 Å². The highest BCUT2D eigenvalue weighted by Gasteiger charge is 2.20. The van der Waals surface area contributed by atoms with Crippen molar-refractivity contribution >= 4 is 5.95 Å². The van der Waals surface area contributed by atoms with Crippen molar-refractivity contribution in [2.45, 2.75) is 0 Å². The summed E-state index contributed by atoms with van der Waals surface area (Å²) in [5, 5.41) is 15.7. The average molecular weight is 298 g/mol. The second kappa shape index (κ2) is 5.68. The van der Waals surface area contributed by atoms with Crippen LogP contribution in [0.4, 0.5) is 5.95 Å². The van der Waals surface area contributed by atoms with Crippen molar-refractivity contribution in [2.75, 3.05) is 20.0 Å². The van der Waals surface area contributed by atoms with Gasteiger partial charge in [0.05, 0.1) is 26.6 Å². The number of hydrogen-bond acceptors (Lipinski definition) is 7. The van der Waals surface area contributed by atoms with E-state index in [1.807, 2.05) is 18.2 Å². The first-order valence-electron chi connectivity index (χ1n) is 6.45. The minimum absolute atomic E-state index is 0.217. The fraction of sp³-hybridized carbons (Fsp3) is 0.143. The van der Waals surface area contributed by atoms with E-state index in [0.717, 1.165) is 5.56 Å². The first kappa shape index (κ1) is 13.8. The van der Waals surface area contributed by atoms with Crippen LogP contribution in [0.3, 0.4) is 0 Å². The number of hydrogen-bond donors (Lipinski definition) is 1. The molecular formula is C14H14N6O2. The number of aromatic nitrogens is 5. The van der Waals surface area contributed by atoms with E-state index >= 15 is 0 Å². The average Bonchev–Trinajstić information content (AvgIpc) is 2.96. The van der Waals surface area contributed by atoms with Crippen LogP contribution in [0.2, 0.25) is 0 Å². The van der Waals surface area contributed by atoms with Crippen molar-refractivity contribution in [3.05, 3.63) is 36.7 Å². The van der Waals surface area contributed by atoms with E-state index in [1.165, 1.54) is 0 Å². The first-order valence-corrected chi connectivity index (χ1v) is 6.45. The fourth-order valence-corrected chi connectivity index (χ4v) is 2.18. The Morgan fingerprint density at radius 1 is 1.00 bits per heavy atom. The van der Waals surface area contributed by atoms with Gasteiger partial charge in [0.1, 0.15) is 17.2 Å². The molecule has 0 amide bonds. The Balaban J connectivity index is 2.28. The smallest absolute Gasteiger partial charge is 0.227 e. The SMILES string of the molecule is COc1cccc(OC)c1-n1c(N)nnc1-c1ccnnc1. The van der Waals surface area contributed by atoms with Gasteiger partial charge in [-0.15, -0.1) is 10.2 Å². The Morgan fingerprint density at radius 3 is 2.32 bits per heavy atom. The minimum Gasteiger partial charge on any atom is -0.494 e. The van der Waals surface area contributed by atoms with E-state index in [2.05, 4.69) is 20.4 Å². The van der Waals surface area contributed by atoms with Crippen LogP contribution in [0.5, 0.6) is 11.5 Å². The van der Waals surface area contributed by atoms with Crippen molar-refractivity contribution in [1.29, 1.82) is 0 Å². The molecule has 2 heterocycles. The quantitative estimate of drug-likeness (QED) is 0.775. The molecule has 22 heavy (non-hydrogen) atoms. The molecule has 0 aliphatic rings. The van der Waals surface area contributed by atoms with Crippen LogP contribution in [0, 0.1) is 0 Å². The Bertz CT molecular complexity index is 765. The third-order valence-electron chi connectivity index (χ3n) is 3.16. The van der Waals surface area contributed by atoms with E-state index in [1.54, 1.807) is 37.2 Å². The molecule has 8 nitrogen and oxygen atoms in total. The van der Waals surface area contributed by atoms with Gasteiger partial charge in [-0.05, 0) is 18.2 Å². The molecule has 112 valence electrons. The summed E-state index contributed by atoms with van der Waals surface area (Å²) < 4.78 is 12.5. The Hall–Kier alpha value is -3.16. The number of para-hydroxylation sites is 1. The molecule has 0 saturated heterocycles. The summed E-state index contributed by atoms with van der Waals surface area (Å²) in [5.41, 5.74) is 7.36. The molecule has 0 aliphatic carbocycles. The third-order valence-corrected chi connectivity index (χ3v) is 3.16. The van der Waals surface area contributed by atoms with Gasteiger partial charge in [-0.2, -0.15) is 10.2 Å². The van der Waals surface area contributed by atoms with Gasteiger partial charge >= 0.3 is 0 Å². The highest BCUT2D eigenvalue weighted by atomic mass is 16.5. The minimum atomic E-state index is 0.217. The maximum Gasteiger partial charge on any atom is 0.227 e. The van der Waals surface area contributed by atoms with Gasteiger partial charge in [0, 0.05) is 5.56 Å². The molecule has 0 unspecified atom stereocenters. The van der Waals surface area contributed by atoms with E-state index in [4.69, 9.17) is 15.2 Å². The molecule has 0 fully saturated rings. The topological polar surface area (TPSA) is 101 Å². The molecule has 0 atom stereocenters. The van der Waals surface area contributed by atoms with Gasteiger partial charge in [0.15, 0.2) is 5.82 Å². The summed E-state index contributed by atoms with van der Waals surface area (Å²) in [5.74, 6) is 1.92. The van der Waals surface area contributed by atoms with Crippen molar-refractivity contribution in [1.82, 2.24) is 25.0 Å². The summed E-state index contributed by atoms with van der Waals surface area (Å²) in [4.78, 5) is 0. The number of ether oxygens (including phenoxy) is 2. The molecule has 0 bridgehead atoms. The highest BCUT2D eigenvalue weighted by Crippen LogP contribution is 2.36. The third kappa shape index (κ3) is 2.20. The summed E-state index contributed by atoms with van der Waals surface area (Å²) in [7, 11) is 3.15. The largest absolute Gasteiger partial charge is 0.494 e. The lowest BCUT2D eigenvalue weighted by atomic mass is 10.2. The van der Waals surface area contributed by atoms with E-state index in [-0.39, 0.29) is 5.95 Å². The molecule has 1 aromatic carbocycles. The van der Waals surface area contributed by atoms with E-state index < -0.39 is 0 Å². The van der Waals surface area contributed by atoms with E-state index in [9.17, 15) is 0 Å².